The number of halogens is 1. The van der Waals surface area contributed by atoms with E-state index in [-0.39, 0.29) is 5.82 Å². The Kier molecular flexibility index (Phi) is 3.52. The van der Waals surface area contributed by atoms with Crippen LogP contribution in [0.4, 0.5) is 4.39 Å². The highest BCUT2D eigenvalue weighted by molar-refractivity contribution is 5.83. The molecule has 0 aliphatic rings. The van der Waals surface area contributed by atoms with Crippen molar-refractivity contribution in [3.8, 4) is 0 Å². The predicted octanol–water partition coefficient (Wildman–Crippen LogP) is 3.33. The molecule has 0 fully saturated rings. The first kappa shape index (κ1) is 12.9. The van der Waals surface area contributed by atoms with E-state index in [9.17, 15) is 4.39 Å². The lowest BCUT2D eigenvalue weighted by Crippen LogP contribution is -2.06. The number of aromatic nitrogens is 1. The van der Waals surface area contributed by atoms with Crippen LogP contribution < -0.4 is 5.73 Å². The van der Waals surface area contributed by atoms with Crippen LogP contribution in [0.3, 0.4) is 0 Å². The van der Waals surface area contributed by atoms with Crippen molar-refractivity contribution in [3.63, 3.8) is 0 Å². The third-order valence-electron chi connectivity index (χ3n) is 3.55. The molecule has 2 nitrogen and oxygen atoms in total. The summed E-state index contributed by atoms with van der Waals surface area (Å²) in [5, 5.41) is 1.22. The zero-order valence-electron chi connectivity index (χ0n) is 11.2. The van der Waals surface area contributed by atoms with Crippen molar-refractivity contribution in [2.75, 3.05) is 6.54 Å². The Bertz CT molecular complexity index is 713. The molecule has 1 aromatic heterocycles. The maximum absolute atomic E-state index is 13.0. The van der Waals surface area contributed by atoms with Crippen molar-refractivity contribution in [3.05, 3.63) is 71.7 Å². The molecule has 20 heavy (non-hydrogen) atoms. The number of fused-ring (bicyclic) bond motifs is 1. The Labute approximate surface area is 117 Å². The highest BCUT2D eigenvalue weighted by Gasteiger charge is 2.06. The van der Waals surface area contributed by atoms with Crippen LogP contribution in [0, 0.1) is 5.82 Å². The number of nitrogens with zero attached hydrogens (tertiary/aromatic N) is 1. The molecule has 0 amide bonds. The maximum atomic E-state index is 13.0. The van der Waals surface area contributed by atoms with Gasteiger partial charge in [0.2, 0.25) is 0 Å². The summed E-state index contributed by atoms with van der Waals surface area (Å²) in [7, 11) is 0. The van der Waals surface area contributed by atoms with Crippen molar-refractivity contribution in [1.29, 1.82) is 0 Å². The van der Waals surface area contributed by atoms with Crippen LogP contribution in [-0.4, -0.2) is 11.1 Å². The van der Waals surface area contributed by atoms with Gasteiger partial charge in [-0.15, -0.1) is 0 Å². The quantitative estimate of drug-likeness (QED) is 0.773. The zero-order chi connectivity index (χ0) is 13.9. The van der Waals surface area contributed by atoms with Crippen molar-refractivity contribution < 1.29 is 4.39 Å². The standard InChI is InChI=1S/C17H17FN2/c18-16-6-4-13(5-7-16)12-20-11-9-15-3-1-2-14(8-10-19)17(15)20/h1-7,9,11H,8,10,12,19H2. The fourth-order valence-electron chi connectivity index (χ4n) is 2.62. The average Bonchev–Trinajstić information content (AvgIpc) is 2.86. The molecule has 0 spiro atoms. The highest BCUT2D eigenvalue weighted by atomic mass is 19.1. The molecule has 2 N–H and O–H groups in total. The second-order valence-corrected chi connectivity index (χ2v) is 4.96. The molecule has 3 heteroatoms. The summed E-state index contributed by atoms with van der Waals surface area (Å²) < 4.78 is 15.2. The summed E-state index contributed by atoms with van der Waals surface area (Å²) in [6.07, 6.45) is 2.94. The van der Waals surface area contributed by atoms with Gasteiger partial charge in [-0.05, 0) is 47.7 Å². The first-order valence-electron chi connectivity index (χ1n) is 6.79. The van der Waals surface area contributed by atoms with Gasteiger partial charge in [-0.1, -0.05) is 30.3 Å². The van der Waals surface area contributed by atoms with Crippen LogP contribution in [0.15, 0.2) is 54.7 Å². The van der Waals surface area contributed by atoms with Crippen molar-refractivity contribution in [2.24, 2.45) is 5.73 Å². The third kappa shape index (κ3) is 2.45. The van der Waals surface area contributed by atoms with Crippen molar-refractivity contribution >= 4 is 10.9 Å². The Morgan fingerprint density at radius 3 is 2.55 bits per heavy atom. The summed E-state index contributed by atoms with van der Waals surface area (Å²) in [4.78, 5) is 0. The Morgan fingerprint density at radius 1 is 1.00 bits per heavy atom. The van der Waals surface area contributed by atoms with E-state index in [4.69, 9.17) is 5.73 Å². The van der Waals surface area contributed by atoms with Crippen molar-refractivity contribution in [2.45, 2.75) is 13.0 Å². The monoisotopic (exact) mass is 268 g/mol. The minimum absolute atomic E-state index is 0.199. The summed E-state index contributed by atoms with van der Waals surface area (Å²) in [5.41, 5.74) is 9.26. The van der Waals surface area contributed by atoms with Gasteiger partial charge in [-0.25, -0.2) is 4.39 Å². The van der Waals surface area contributed by atoms with E-state index in [1.54, 1.807) is 0 Å². The second kappa shape index (κ2) is 5.47. The largest absolute Gasteiger partial charge is 0.343 e. The smallest absolute Gasteiger partial charge is 0.123 e. The molecule has 0 aliphatic carbocycles. The Balaban J connectivity index is 2.00. The second-order valence-electron chi connectivity index (χ2n) is 4.96. The SMILES string of the molecule is NCCc1cccc2ccn(Cc3ccc(F)cc3)c12. The lowest BCUT2D eigenvalue weighted by atomic mass is 10.1. The minimum atomic E-state index is -0.199. The molecule has 0 unspecified atom stereocenters. The highest BCUT2D eigenvalue weighted by Crippen LogP contribution is 2.22. The van der Waals surface area contributed by atoms with Gasteiger partial charge in [0.05, 0.1) is 5.52 Å². The first-order valence-corrected chi connectivity index (χ1v) is 6.79. The topological polar surface area (TPSA) is 30.9 Å². The van der Waals surface area contributed by atoms with Gasteiger partial charge in [0.1, 0.15) is 5.82 Å². The van der Waals surface area contributed by atoms with Crippen molar-refractivity contribution in [1.82, 2.24) is 4.57 Å². The molecule has 1 heterocycles. The fraction of sp³-hybridized carbons (Fsp3) is 0.176. The number of hydrogen-bond acceptors (Lipinski definition) is 1. The maximum Gasteiger partial charge on any atom is 0.123 e. The number of benzene rings is 2. The van der Waals surface area contributed by atoms with E-state index < -0.39 is 0 Å². The molecule has 0 saturated carbocycles. The van der Waals surface area contributed by atoms with Crippen LogP contribution in [0.25, 0.3) is 10.9 Å². The zero-order valence-corrected chi connectivity index (χ0v) is 11.2. The Morgan fingerprint density at radius 2 is 1.80 bits per heavy atom. The van der Waals surface area contributed by atoms with Crippen LogP contribution in [0.1, 0.15) is 11.1 Å². The van der Waals surface area contributed by atoms with Gasteiger partial charge in [0.15, 0.2) is 0 Å². The van der Waals surface area contributed by atoms with E-state index in [2.05, 4.69) is 35.0 Å². The lowest BCUT2D eigenvalue weighted by molar-refractivity contribution is 0.626. The van der Waals surface area contributed by atoms with Gasteiger partial charge in [-0.3, -0.25) is 0 Å². The van der Waals surface area contributed by atoms with E-state index in [0.717, 1.165) is 18.5 Å². The molecule has 3 rings (SSSR count). The number of para-hydroxylation sites is 1. The number of nitrogens with two attached hydrogens (primary N) is 1. The average molecular weight is 268 g/mol. The van der Waals surface area contributed by atoms with Gasteiger partial charge in [0, 0.05) is 12.7 Å². The van der Waals surface area contributed by atoms with Gasteiger partial charge in [0.25, 0.3) is 0 Å². The normalized spacial score (nSPS) is 11.1. The fourth-order valence-corrected chi connectivity index (χ4v) is 2.62. The van der Waals surface area contributed by atoms with Gasteiger partial charge >= 0.3 is 0 Å². The Hall–Kier alpha value is -2.13. The summed E-state index contributed by atoms with van der Waals surface area (Å²) in [6, 6.07) is 15.1. The molecule has 3 aromatic rings. The van der Waals surface area contributed by atoms with E-state index in [1.165, 1.54) is 28.6 Å². The lowest BCUT2D eigenvalue weighted by Gasteiger charge is -2.09. The number of rotatable bonds is 4. The molecule has 102 valence electrons. The molecule has 0 bridgehead atoms. The third-order valence-corrected chi connectivity index (χ3v) is 3.55. The molecule has 0 aliphatic heterocycles. The molecular weight excluding hydrogens is 251 g/mol. The van der Waals surface area contributed by atoms with E-state index >= 15 is 0 Å². The van der Waals surface area contributed by atoms with Crippen LogP contribution >= 0.6 is 0 Å². The summed E-state index contributed by atoms with van der Waals surface area (Å²) in [6.45, 7) is 1.38. The van der Waals surface area contributed by atoms with E-state index in [0.29, 0.717) is 6.54 Å². The van der Waals surface area contributed by atoms with Gasteiger partial charge < -0.3 is 10.3 Å². The van der Waals surface area contributed by atoms with Gasteiger partial charge in [-0.2, -0.15) is 0 Å². The minimum Gasteiger partial charge on any atom is -0.343 e. The number of hydrogen-bond donors (Lipinski definition) is 1. The summed E-state index contributed by atoms with van der Waals surface area (Å²) in [5.74, 6) is -0.199. The van der Waals surface area contributed by atoms with Crippen LogP contribution in [0.2, 0.25) is 0 Å². The summed E-state index contributed by atoms with van der Waals surface area (Å²) >= 11 is 0. The van der Waals surface area contributed by atoms with Crippen LogP contribution in [0.5, 0.6) is 0 Å². The molecule has 2 aromatic carbocycles. The molecular formula is C17H17FN2. The predicted molar refractivity (Wildman–Crippen MR) is 80.2 cm³/mol. The molecule has 0 radical (unpaired) electrons. The van der Waals surface area contributed by atoms with E-state index in [1.807, 2.05) is 12.1 Å². The molecule has 0 saturated heterocycles. The first-order chi connectivity index (χ1) is 9.78. The molecule has 0 atom stereocenters. The van der Waals surface area contributed by atoms with Crippen LogP contribution in [-0.2, 0) is 13.0 Å².